The lowest BCUT2D eigenvalue weighted by Gasteiger charge is -2.35. The predicted molar refractivity (Wildman–Crippen MR) is 102 cm³/mol. The first kappa shape index (κ1) is 19.8. The van der Waals surface area contributed by atoms with Gasteiger partial charge in [0.05, 0.1) is 6.54 Å². The second-order valence-corrected chi connectivity index (χ2v) is 8.02. The summed E-state index contributed by atoms with van der Waals surface area (Å²) in [4.78, 5) is 30.7. The quantitative estimate of drug-likeness (QED) is 0.794. The first-order valence-corrected chi connectivity index (χ1v) is 9.98. The van der Waals surface area contributed by atoms with Crippen molar-refractivity contribution < 1.29 is 14.0 Å². The lowest BCUT2D eigenvalue weighted by atomic mass is 10.0. The number of hydrogen-bond donors (Lipinski definition) is 0. The van der Waals surface area contributed by atoms with Gasteiger partial charge in [-0.3, -0.25) is 14.5 Å². The summed E-state index contributed by atoms with van der Waals surface area (Å²) in [5.74, 6) is 0.326. The van der Waals surface area contributed by atoms with E-state index in [1.165, 1.54) is 12.1 Å². The van der Waals surface area contributed by atoms with Gasteiger partial charge in [-0.25, -0.2) is 4.39 Å². The van der Waals surface area contributed by atoms with E-state index in [2.05, 4.69) is 18.7 Å². The summed E-state index contributed by atoms with van der Waals surface area (Å²) in [5.41, 5.74) is 1.09. The smallest absolute Gasteiger partial charge is 0.242 e. The van der Waals surface area contributed by atoms with Crippen molar-refractivity contribution in [2.45, 2.75) is 45.7 Å². The van der Waals surface area contributed by atoms with Gasteiger partial charge in [0.1, 0.15) is 5.82 Å². The van der Waals surface area contributed by atoms with Crippen molar-refractivity contribution in [3.8, 4) is 0 Å². The van der Waals surface area contributed by atoms with Crippen LogP contribution in [0.2, 0.25) is 0 Å². The molecule has 0 spiro atoms. The number of amides is 2. The molecule has 2 saturated heterocycles. The minimum absolute atomic E-state index is 0.0551. The molecule has 0 aromatic heterocycles. The maximum atomic E-state index is 13.2. The molecule has 2 aliphatic rings. The Morgan fingerprint density at radius 3 is 2.52 bits per heavy atom. The van der Waals surface area contributed by atoms with Gasteiger partial charge in [-0.1, -0.05) is 26.0 Å². The van der Waals surface area contributed by atoms with Gasteiger partial charge in [0.15, 0.2) is 0 Å². The molecule has 0 N–H and O–H groups in total. The number of halogens is 1. The Balaban J connectivity index is 1.66. The second kappa shape index (κ2) is 8.83. The minimum atomic E-state index is -0.219. The minimum Gasteiger partial charge on any atom is -0.340 e. The number of nitrogens with zero attached hydrogens (tertiary/aromatic N) is 3. The van der Waals surface area contributed by atoms with Crippen LogP contribution < -0.4 is 0 Å². The largest absolute Gasteiger partial charge is 0.340 e. The zero-order valence-electron chi connectivity index (χ0n) is 16.4. The zero-order valence-corrected chi connectivity index (χ0v) is 16.4. The van der Waals surface area contributed by atoms with Crippen molar-refractivity contribution in [1.82, 2.24) is 14.7 Å². The summed E-state index contributed by atoms with van der Waals surface area (Å²) in [6.07, 6.45) is 2.32. The molecule has 2 aliphatic heterocycles. The van der Waals surface area contributed by atoms with E-state index in [1.54, 1.807) is 4.90 Å². The molecular weight excluding hydrogens is 345 g/mol. The van der Waals surface area contributed by atoms with Crippen molar-refractivity contribution >= 4 is 11.8 Å². The summed E-state index contributed by atoms with van der Waals surface area (Å²) < 4.78 is 13.2. The van der Waals surface area contributed by atoms with Gasteiger partial charge in [0, 0.05) is 45.2 Å². The third-order valence-electron chi connectivity index (χ3n) is 5.67. The Kier molecular flexibility index (Phi) is 6.47. The Bertz CT molecular complexity index is 662. The molecule has 2 amide bonds. The third-order valence-corrected chi connectivity index (χ3v) is 5.67. The number of hydrogen-bond acceptors (Lipinski definition) is 3. The number of likely N-dealkylation sites (tertiary alicyclic amines) is 1. The fourth-order valence-corrected chi connectivity index (χ4v) is 4.08. The van der Waals surface area contributed by atoms with Gasteiger partial charge in [-0.15, -0.1) is 0 Å². The number of carbonyl (C=O) groups excluding carboxylic acids is 2. The van der Waals surface area contributed by atoms with E-state index < -0.39 is 0 Å². The summed E-state index contributed by atoms with van der Waals surface area (Å²) in [6, 6.07) is 6.91. The van der Waals surface area contributed by atoms with Crippen LogP contribution in [0.5, 0.6) is 0 Å². The molecule has 0 unspecified atom stereocenters. The van der Waals surface area contributed by atoms with Crippen molar-refractivity contribution in [3.63, 3.8) is 0 Å². The monoisotopic (exact) mass is 375 g/mol. The predicted octanol–water partition coefficient (Wildman–Crippen LogP) is 2.51. The van der Waals surface area contributed by atoms with Gasteiger partial charge in [-0.2, -0.15) is 0 Å². The molecule has 1 aromatic rings. The number of rotatable bonds is 5. The summed E-state index contributed by atoms with van der Waals surface area (Å²) in [6.45, 7) is 8.34. The second-order valence-electron chi connectivity index (χ2n) is 8.02. The van der Waals surface area contributed by atoms with Gasteiger partial charge >= 0.3 is 0 Å². The van der Waals surface area contributed by atoms with Crippen LogP contribution >= 0.6 is 0 Å². The zero-order chi connectivity index (χ0) is 19.4. The van der Waals surface area contributed by atoms with E-state index >= 15 is 0 Å². The van der Waals surface area contributed by atoms with E-state index in [9.17, 15) is 14.0 Å². The first-order chi connectivity index (χ1) is 12.9. The summed E-state index contributed by atoms with van der Waals surface area (Å²) >= 11 is 0. The van der Waals surface area contributed by atoms with Crippen molar-refractivity contribution in [3.05, 3.63) is 35.6 Å². The molecule has 2 fully saturated rings. The van der Waals surface area contributed by atoms with E-state index in [0.717, 1.165) is 38.0 Å². The van der Waals surface area contributed by atoms with Gasteiger partial charge in [0.25, 0.3) is 0 Å². The molecular formula is C21H30FN3O2. The molecule has 6 heteroatoms. The molecule has 3 rings (SSSR count). The highest BCUT2D eigenvalue weighted by Gasteiger charge is 2.31. The van der Waals surface area contributed by atoms with Crippen LogP contribution in [0.4, 0.5) is 4.39 Å². The van der Waals surface area contributed by atoms with Gasteiger partial charge in [0.2, 0.25) is 11.8 Å². The molecule has 0 saturated carbocycles. The molecule has 5 nitrogen and oxygen atoms in total. The summed E-state index contributed by atoms with van der Waals surface area (Å²) in [7, 11) is 0. The van der Waals surface area contributed by atoms with Crippen LogP contribution in [0.1, 0.15) is 38.7 Å². The van der Waals surface area contributed by atoms with Crippen LogP contribution in [0.3, 0.4) is 0 Å². The molecule has 1 aromatic carbocycles. The molecule has 27 heavy (non-hydrogen) atoms. The Morgan fingerprint density at radius 2 is 1.89 bits per heavy atom. The molecule has 2 heterocycles. The fraction of sp³-hybridized carbons (Fsp3) is 0.619. The van der Waals surface area contributed by atoms with E-state index in [1.807, 2.05) is 17.0 Å². The molecule has 1 atom stereocenters. The Hall–Kier alpha value is -1.95. The van der Waals surface area contributed by atoms with Crippen molar-refractivity contribution in [2.24, 2.45) is 5.92 Å². The topological polar surface area (TPSA) is 43.9 Å². The van der Waals surface area contributed by atoms with Crippen LogP contribution in [0.25, 0.3) is 0 Å². The average Bonchev–Trinajstić information content (AvgIpc) is 2.91. The molecule has 0 bridgehead atoms. The van der Waals surface area contributed by atoms with E-state index in [-0.39, 0.29) is 30.2 Å². The highest BCUT2D eigenvalue weighted by molar-refractivity contribution is 5.85. The van der Waals surface area contributed by atoms with Gasteiger partial charge < -0.3 is 9.80 Å². The lowest BCUT2D eigenvalue weighted by Crippen LogP contribution is -2.48. The maximum absolute atomic E-state index is 13.2. The van der Waals surface area contributed by atoms with Crippen LogP contribution in [0.15, 0.2) is 24.3 Å². The molecule has 148 valence electrons. The normalized spacial score (nSPS) is 21.8. The highest BCUT2D eigenvalue weighted by atomic mass is 19.1. The third kappa shape index (κ3) is 5.06. The average molecular weight is 375 g/mol. The fourth-order valence-electron chi connectivity index (χ4n) is 4.08. The molecule has 0 radical (unpaired) electrons. The number of benzene rings is 1. The highest BCUT2D eigenvalue weighted by Crippen LogP contribution is 2.21. The van der Waals surface area contributed by atoms with Crippen LogP contribution in [0, 0.1) is 11.7 Å². The van der Waals surface area contributed by atoms with Crippen molar-refractivity contribution in [2.75, 3.05) is 32.7 Å². The lowest BCUT2D eigenvalue weighted by molar-refractivity contribution is -0.138. The summed E-state index contributed by atoms with van der Waals surface area (Å²) in [5, 5.41) is 0. The van der Waals surface area contributed by atoms with Crippen LogP contribution in [-0.2, 0) is 16.1 Å². The van der Waals surface area contributed by atoms with Crippen molar-refractivity contribution in [1.29, 1.82) is 0 Å². The Morgan fingerprint density at radius 1 is 1.15 bits per heavy atom. The SMILES string of the molecule is CC(C)[C@H]1CN(C(=O)CN2CCCC2=O)CCCN1Cc1ccc(F)cc1. The number of carbonyl (C=O) groups is 2. The van der Waals surface area contributed by atoms with Gasteiger partial charge in [-0.05, 0) is 36.5 Å². The Labute approximate surface area is 161 Å². The van der Waals surface area contributed by atoms with Crippen LogP contribution in [-0.4, -0.2) is 65.3 Å². The first-order valence-electron chi connectivity index (χ1n) is 9.98. The maximum Gasteiger partial charge on any atom is 0.242 e. The van der Waals surface area contributed by atoms with E-state index in [0.29, 0.717) is 25.4 Å². The molecule has 0 aliphatic carbocycles. The standard InChI is InChI=1S/C21H30FN3O2/c1-16(2)19-14-24(21(27)15-25-10-3-5-20(25)26)12-4-11-23(19)13-17-6-8-18(22)9-7-17/h6-9,16,19H,3-5,10-15H2,1-2H3/t19-/m1/s1. The van der Waals surface area contributed by atoms with E-state index in [4.69, 9.17) is 0 Å².